The highest BCUT2D eigenvalue weighted by Gasteiger charge is 2.24. The minimum absolute atomic E-state index is 0.0427. The van der Waals surface area contributed by atoms with Gasteiger partial charge in [0.05, 0.1) is 11.0 Å². The molecule has 0 bridgehead atoms. The molecule has 1 fully saturated rings. The van der Waals surface area contributed by atoms with Crippen LogP contribution in [0.25, 0.3) is 0 Å². The standard InChI is InChI=1S/C15H24N2O3S/c1-3-17-9-5-7-14(11-17)16-21(19,20)15-8-4-6-13(10-15)12(2)18/h4,6,8,10,12,14,16,18H,3,5,7,9,11H2,1-2H3. The monoisotopic (exact) mass is 312 g/mol. The number of aliphatic hydroxyl groups is 1. The summed E-state index contributed by atoms with van der Waals surface area (Å²) in [5.41, 5.74) is 0.608. The first-order chi connectivity index (χ1) is 9.92. The van der Waals surface area contributed by atoms with Gasteiger partial charge in [0.2, 0.25) is 10.0 Å². The van der Waals surface area contributed by atoms with E-state index in [1.54, 1.807) is 25.1 Å². The van der Waals surface area contributed by atoms with Crippen LogP contribution < -0.4 is 4.72 Å². The summed E-state index contributed by atoms with van der Waals surface area (Å²) in [4.78, 5) is 2.47. The predicted molar refractivity (Wildman–Crippen MR) is 82.5 cm³/mol. The molecular weight excluding hydrogens is 288 g/mol. The van der Waals surface area contributed by atoms with Crippen LogP contribution in [-0.4, -0.2) is 44.1 Å². The maximum atomic E-state index is 12.5. The van der Waals surface area contributed by atoms with E-state index in [9.17, 15) is 13.5 Å². The third-order valence-electron chi connectivity index (χ3n) is 3.93. The molecular formula is C15H24N2O3S. The molecule has 0 aliphatic carbocycles. The van der Waals surface area contributed by atoms with E-state index in [1.807, 2.05) is 0 Å². The highest BCUT2D eigenvalue weighted by atomic mass is 32.2. The van der Waals surface area contributed by atoms with E-state index < -0.39 is 16.1 Å². The number of rotatable bonds is 5. The molecule has 2 N–H and O–H groups in total. The minimum Gasteiger partial charge on any atom is -0.389 e. The van der Waals surface area contributed by atoms with Crippen molar-refractivity contribution in [2.45, 2.75) is 43.7 Å². The number of hydrogen-bond acceptors (Lipinski definition) is 4. The molecule has 1 aromatic carbocycles. The third-order valence-corrected chi connectivity index (χ3v) is 5.44. The van der Waals surface area contributed by atoms with Crippen molar-refractivity contribution in [1.82, 2.24) is 9.62 Å². The molecule has 6 heteroatoms. The van der Waals surface area contributed by atoms with E-state index in [2.05, 4.69) is 16.5 Å². The first kappa shape index (κ1) is 16.4. The van der Waals surface area contributed by atoms with Crippen molar-refractivity contribution in [2.75, 3.05) is 19.6 Å². The van der Waals surface area contributed by atoms with Gasteiger partial charge in [-0.25, -0.2) is 13.1 Å². The maximum Gasteiger partial charge on any atom is 0.240 e. The number of piperidine rings is 1. The van der Waals surface area contributed by atoms with Gasteiger partial charge in [-0.3, -0.25) is 0 Å². The Kier molecular flexibility index (Phi) is 5.37. The van der Waals surface area contributed by atoms with Crippen LogP contribution in [0.3, 0.4) is 0 Å². The molecule has 2 atom stereocenters. The summed E-state index contributed by atoms with van der Waals surface area (Å²) in [5.74, 6) is 0. The molecule has 1 saturated heterocycles. The van der Waals surface area contributed by atoms with Crippen LogP contribution in [0.15, 0.2) is 29.2 Å². The van der Waals surface area contributed by atoms with E-state index in [-0.39, 0.29) is 10.9 Å². The van der Waals surface area contributed by atoms with E-state index in [1.165, 1.54) is 6.07 Å². The Labute approximate surface area is 127 Å². The Morgan fingerprint density at radius 2 is 2.24 bits per heavy atom. The second-order valence-corrected chi connectivity index (χ2v) is 7.32. The lowest BCUT2D eigenvalue weighted by Crippen LogP contribution is -2.47. The highest BCUT2D eigenvalue weighted by molar-refractivity contribution is 7.89. The highest BCUT2D eigenvalue weighted by Crippen LogP contribution is 2.19. The van der Waals surface area contributed by atoms with E-state index >= 15 is 0 Å². The van der Waals surface area contributed by atoms with Gasteiger partial charge >= 0.3 is 0 Å². The Balaban J connectivity index is 2.13. The number of nitrogens with zero attached hydrogens (tertiary/aromatic N) is 1. The fraction of sp³-hybridized carbons (Fsp3) is 0.600. The summed E-state index contributed by atoms with van der Waals surface area (Å²) >= 11 is 0. The Morgan fingerprint density at radius 3 is 2.90 bits per heavy atom. The van der Waals surface area contributed by atoms with Crippen LogP contribution in [-0.2, 0) is 10.0 Å². The van der Waals surface area contributed by atoms with Gasteiger partial charge < -0.3 is 10.0 Å². The molecule has 1 heterocycles. The first-order valence-corrected chi connectivity index (χ1v) is 8.93. The molecule has 2 unspecified atom stereocenters. The van der Waals surface area contributed by atoms with Gasteiger partial charge in [-0.1, -0.05) is 19.1 Å². The average molecular weight is 312 g/mol. The van der Waals surface area contributed by atoms with Crippen LogP contribution in [0.1, 0.15) is 38.4 Å². The van der Waals surface area contributed by atoms with Crippen molar-refractivity contribution in [3.63, 3.8) is 0 Å². The molecule has 0 spiro atoms. The van der Waals surface area contributed by atoms with E-state index in [0.29, 0.717) is 5.56 Å². The van der Waals surface area contributed by atoms with Crippen LogP contribution in [0.5, 0.6) is 0 Å². The lowest BCUT2D eigenvalue weighted by atomic mass is 10.1. The van der Waals surface area contributed by atoms with Crippen LogP contribution >= 0.6 is 0 Å². The molecule has 5 nitrogen and oxygen atoms in total. The fourth-order valence-electron chi connectivity index (χ4n) is 2.67. The summed E-state index contributed by atoms with van der Waals surface area (Å²) in [5, 5.41) is 9.58. The number of benzene rings is 1. The molecule has 118 valence electrons. The molecule has 1 aliphatic heterocycles. The van der Waals surface area contributed by atoms with Crippen molar-refractivity contribution in [1.29, 1.82) is 0 Å². The smallest absolute Gasteiger partial charge is 0.240 e. The normalized spacial score (nSPS) is 22.1. The predicted octanol–water partition coefficient (Wildman–Crippen LogP) is 1.50. The molecule has 1 aromatic rings. The minimum atomic E-state index is -3.54. The molecule has 2 rings (SSSR count). The number of aliphatic hydroxyl groups excluding tert-OH is 1. The molecule has 0 saturated carbocycles. The maximum absolute atomic E-state index is 12.5. The van der Waals surface area contributed by atoms with Gasteiger partial charge in [0, 0.05) is 12.6 Å². The van der Waals surface area contributed by atoms with Crippen LogP contribution in [0, 0.1) is 0 Å². The fourth-order valence-corrected chi connectivity index (χ4v) is 3.98. The molecule has 1 aliphatic rings. The topological polar surface area (TPSA) is 69.6 Å². The average Bonchev–Trinajstić information content (AvgIpc) is 2.47. The first-order valence-electron chi connectivity index (χ1n) is 7.45. The zero-order chi connectivity index (χ0) is 15.5. The number of likely N-dealkylation sites (N-methyl/N-ethyl adjacent to an activating group) is 1. The summed E-state index contributed by atoms with van der Waals surface area (Å²) in [6, 6.07) is 6.44. The van der Waals surface area contributed by atoms with Crippen molar-refractivity contribution in [3.8, 4) is 0 Å². The summed E-state index contributed by atoms with van der Waals surface area (Å²) in [6.07, 6.45) is 1.20. The zero-order valence-electron chi connectivity index (χ0n) is 12.6. The van der Waals surface area contributed by atoms with Crippen molar-refractivity contribution in [2.24, 2.45) is 0 Å². The van der Waals surface area contributed by atoms with Crippen LogP contribution in [0.4, 0.5) is 0 Å². The Bertz CT molecular complexity index is 572. The number of nitrogens with one attached hydrogen (secondary N) is 1. The van der Waals surface area contributed by atoms with Gasteiger partial charge in [-0.15, -0.1) is 0 Å². The SMILES string of the molecule is CCN1CCCC(NS(=O)(=O)c2cccc(C(C)O)c2)C1. The van der Waals surface area contributed by atoms with Crippen molar-refractivity contribution in [3.05, 3.63) is 29.8 Å². The quantitative estimate of drug-likeness (QED) is 0.864. The zero-order valence-corrected chi connectivity index (χ0v) is 13.4. The molecule has 0 radical (unpaired) electrons. The second-order valence-electron chi connectivity index (χ2n) is 5.60. The van der Waals surface area contributed by atoms with E-state index in [0.717, 1.165) is 32.5 Å². The van der Waals surface area contributed by atoms with Gasteiger partial charge in [0.15, 0.2) is 0 Å². The molecule has 21 heavy (non-hydrogen) atoms. The molecule has 0 amide bonds. The summed E-state index contributed by atoms with van der Waals surface area (Å²) < 4.78 is 27.7. The van der Waals surface area contributed by atoms with Gasteiger partial charge in [-0.05, 0) is 50.6 Å². The summed E-state index contributed by atoms with van der Waals surface area (Å²) in [6.45, 7) is 6.44. The van der Waals surface area contributed by atoms with Gasteiger partial charge in [0.25, 0.3) is 0 Å². The van der Waals surface area contributed by atoms with Gasteiger partial charge in [-0.2, -0.15) is 0 Å². The van der Waals surface area contributed by atoms with E-state index in [4.69, 9.17) is 0 Å². The number of sulfonamides is 1. The lowest BCUT2D eigenvalue weighted by Gasteiger charge is -2.32. The summed E-state index contributed by atoms with van der Waals surface area (Å²) in [7, 11) is -3.54. The second kappa shape index (κ2) is 6.87. The van der Waals surface area contributed by atoms with Gasteiger partial charge in [0.1, 0.15) is 0 Å². The lowest BCUT2D eigenvalue weighted by molar-refractivity contribution is 0.199. The third kappa shape index (κ3) is 4.26. The Morgan fingerprint density at radius 1 is 1.48 bits per heavy atom. The number of likely N-dealkylation sites (tertiary alicyclic amines) is 1. The van der Waals surface area contributed by atoms with Crippen LogP contribution in [0.2, 0.25) is 0 Å². The largest absolute Gasteiger partial charge is 0.389 e. The van der Waals surface area contributed by atoms with Crippen molar-refractivity contribution >= 4 is 10.0 Å². The number of hydrogen-bond donors (Lipinski definition) is 2. The molecule has 0 aromatic heterocycles. The Hall–Kier alpha value is -0.950. The van der Waals surface area contributed by atoms with Crippen molar-refractivity contribution < 1.29 is 13.5 Å².